The number of imidazole rings is 1. The molecule has 3 nitrogen and oxygen atoms in total. The molecule has 0 spiro atoms. The Bertz CT molecular complexity index is 548. The molecular weight excluding hydrogens is 234 g/mol. The van der Waals surface area contributed by atoms with Crippen molar-refractivity contribution < 1.29 is 0 Å². The van der Waals surface area contributed by atoms with Crippen molar-refractivity contribution in [1.29, 1.82) is 0 Å². The molecule has 0 bridgehead atoms. The Labute approximate surface area is 114 Å². The van der Waals surface area contributed by atoms with Gasteiger partial charge in [0, 0.05) is 23.0 Å². The topological polar surface area (TPSA) is 29.9 Å². The van der Waals surface area contributed by atoms with Crippen molar-refractivity contribution in [3.63, 3.8) is 0 Å². The Morgan fingerprint density at radius 1 is 1.16 bits per heavy atom. The van der Waals surface area contributed by atoms with Crippen molar-refractivity contribution in [2.75, 3.05) is 13.1 Å². The van der Waals surface area contributed by atoms with Gasteiger partial charge in [0.05, 0.1) is 6.33 Å². The second-order valence-corrected chi connectivity index (χ2v) is 5.80. The molecule has 2 heterocycles. The van der Waals surface area contributed by atoms with Gasteiger partial charge in [0.25, 0.3) is 0 Å². The summed E-state index contributed by atoms with van der Waals surface area (Å²) in [6.45, 7) is 6.66. The maximum atomic E-state index is 4.38. The van der Waals surface area contributed by atoms with Gasteiger partial charge in [0.15, 0.2) is 0 Å². The average Bonchev–Trinajstić information content (AvgIpc) is 2.90. The molecule has 1 aromatic carbocycles. The molecule has 1 N–H and O–H groups in total. The minimum atomic E-state index is 0.229. The van der Waals surface area contributed by atoms with E-state index in [2.05, 4.69) is 53.0 Å². The third-order valence-corrected chi connectivity index (χ3v) is 4.28. The van der Waals surface area contributed by atoms with Crippen LogP contribution in [-0.4, -0.2) is 22.6 Å². The summed E-state index contributed by atoms with van der Waals surface area (Å²) in [6, 6.07) is 8.66. The van der Waals surface area contributed by atoms with Gasteiger partial charge >= 0.3 is 0 Å². The van der Waals surface area contributed by atoms with E-state index in [4.69, 9.17) is 0 Å². The maximum absolute atomic E-state index is 4.38. The predicted octanol–water partition coefficient (Wildman–Crippen LogP) is 2.82. The highest BCUT2D eigenvalue weighted by Gasteiger charge is 2.31. The van der Waals surface area contributed by atoms with Crippen LogP contribution in [0.25, 0.3) is 5.69 Å². The maximum Gasteiger partial charge on any atom is 0.0994 e. The van der Waals surface area contributed by atoms with Crippen molar-refractivity contribution in [1.82, 2.24) is 14.9 Å². The molecule has 100 valence electrons. The lowest BCUT2D eigenvalue weighted by atomic mass is 9.78. The smallest absolute Gasteiger partial charge is 0.0994 e. The van der Waals surface area contributed by atoms with E-state index in [0.717, 1.165) is 13.1 Å². The Morgan fingerprint density at radius 2 is 1.84 bits per heavy atom. The molecular formula is C16H21N3. The Balaban J connectivity index is 2.00. The number of aryl methyl sites for hydroxylation is 1. The average molecular weight is 255 g/mol. The van der Waals surface area contributed by atoms with E-state index in [1.807, 2.05) is 12.5 Å². The molecule has 3 rings (SSSR count). The highest BCUT2D eigenvalue weighted by atomic mass is 15.1. The van der Waals surface area contributed by atoms with E-state index in [1.54, 1.807) is 0 Å². The van der Waals surface area contributed by atoms with E-state index in [-0.39, 0.29) is 5.41 Å². The quantitative estimate of drug-likeness (QED) is 0.894. The van der Waals surface area contributed by atoms with Crippen LogP contribution >= 0.6 is 0 Å². The zero-order valence-electron chi connectivity index (χ0n) is 11.7. The third kappa shape index (κ3) is 2.30. The molecule has 1 fully saturated rings. The van der Waals surface area contributed by atoms with Crippen molar-refractivity contribution in [3.8, 4) is 5.69 Å². The van der Waals surface area contributed by atoms with Crippen LogP contribution < -0.4 is 5.32 Å². The van der Waals surface area contributed by atoms with Crippen LogP contribution in [-0.2, 0) is 5.41 Å². The van der Waals surface area contributed by atoms with Gasteiger partial charge in [-0.1, -0.05) is 24.6 Å². The molecule has 0 unspecified atom stereocenters. The molecule has 0 radical (unpaired) electrons. The molecule has 0 amide bonds. The van der Waals surface area contributed by atoms with Crippen LogP contribution in [0.4, 0.5) is 0 Å². The number of benzene rings is 1. The van der Waals surface area contributed by atoms with Crippen molar-refractivity contribution in [3.05, 3.63) is 48.0 Å². The van der Waals surface area contributed by atoms with Gasteiger partial charge in [-0.2, -0.15) is 0 Å². The van der Waals surface area contributed by atoms with Crippen molar-refractivity contribution in [2.24, 2.45) is 0 Å². The molecule has 0 saturated carbocycles. The lowest BCUT2D eigenvalue weighted by Crippen LogP contribution is -2.38. The van der Waals surface area contributed by atoms with E-state index in [1.165, 1.54) is 29.8 Å². The fraction of sp³-hybridized carbons (Fsp3) is 0.438. The lowest BCUT2D eigenvalue weighted by Gasteiger charge is -2.34. The Morgan fingerprint density at radius 3 is 2.53 bits per heavy atom. The predicted molar refractivity (Wildman–Crippen MR) is 77.8 cm³/mol. The summed E-state index contributed by atoms with van der Waals surface area (Å²) in [4.78, 5) is 4.38. The summed E-state index contributed by atoms with van der Waals surface area (Å²) in [6.07, 6.45) is 6.31. The van der Waals surface area contributed by atoms with Crippen LogP contribution in [0.3, 0.4) is 0 Å². The number of nitrogens with one attached hydrogen (secondary N) is 1. The van der Waals surface area contributed by atoms with Crippen molar-refractivity contribution >= 4 is 0 Å². The van der Waals surface area contributed by atoms with Crippen molar-refractivity contribution in [2.45, 2.75) is 32.1 Å². The second kappa shape index (κ2) is 4.82. The van der Waals surface area contributed by atoms with Gasteiger partial charge in [-0.05, 0) is 45.0 Å². The number of rotatable bonds is 2. The first-order valence-electron chi connectivity index (χ1n) is 7.00. The Kier molecular flexibility index (Phi) is 3.15. The van der Waals surface area contributed by atoms with Crippen LogP contribution in [0.1, 0.15) is 31.0 Å². The van der Waals surface area contributed by atoms with Gasteiger partial charge in [0.1, 0.15) is 0 Å². The van der Waals surface area contributed by atoms with Crippen LogP contribution in [0.15, 0.2) is 36.8 Å². The first kappa shape index (κ1) is 12.4. The molecule has 1 aliphatic heterocycles. The summed E-state index contributed by atoms with van der Waals surface area (Å²) < 4.78 is 2.24. The van der Waals surface area contributed by atoms with Gasteiger partial charge in [-0.25, -0.2) is 4.98 Å². The Hall–Kier alpha value is -1.61. The molecule has 1 saturated heterocycles. The zero-order chi connectivity index (χ0) is 13.3. The second-order valence-electron chi connectivity index (χ2n) is 5.80. The highest BCUT2D eigenvalue weighted by Crippen LogP contribution is 2.33. The number of hydrogen-bond acceptors (Lipinski definition) is 2. The fourth-order valence-corrected chi connectivity index (χ4v) is 2.89. The number of aromatic nitrogens is 2. The first-order valence-corrected chi connectivity index (χ1v) is 7.00. The normalized spacial score (nSPS) is 18.4. The van der Waals surface area contributed by atoms with Gasteiger partial charge < -0.3 is 9.88 Å². The number of hydrogen-bond donors (Lipinski definition) is 1. The van der Waals surface area contributed by atoms with Gasteiger partial charge in [-0.3, -0.25) is 0 Å². The summed E-state index contributed by atoms with van der Waals surface area (Å²) in [7, 11) is 0. The lowest BCUT2D eigenvalue weighted by molar-refractivity contribution is 0.324. The third-order valence-electron chi connectivity index (χ3n) is 4.28. The van der Waals surface area contributed by atoms with Gasteiger partial charge in [0.2, 0.25) is 0 Å². The molecule has 3 heteroatoms. The highest BCUT2D eigenvalue weighted by molar-refractivity contribution is 5.37. The van der Waals surface area contributed by atoms with Crippen LogP contribution in [0.5, 0.6) is 0 Å². The molecule has 2 aromatic rings. The van der Waals surface area contributed by atoms with E-state index >= 15 is 0 Å². The largest absolute Gasteiger partial charge is 0.317 e. The molecule has 19 heavy (non-hydrogen) atoms. The fourth-order valence-electron chi connectivity index (χ4n) is 2.89. The van der Waals surface area contributed by atoms with Crippen LogP contribution in [0, 0.1) is 6.92 Å². The first-order chi connectivity index (χ1) is 9.19. The van der Waals surface area contributed by atoms with E-state index < -0.39 is 0 Å². The SMILES string of the molecule is Cc1ccc(-n2cncc2C2(C)CCNCC2)cc1. The van der Waals surface area contributed by atoms with Gasteiger partial charge in [-0.15, -0.1) is 0 Å². The monoisotopic (exact) mass is 255 g/mol. The number of nitrogens with zero attached hydrogens (tertiary/aromatic N) is 2. The van der Waals surface area contributed by atoms with E-state index in [9.17, 15) is 0 Å². The summed E-state index contributed by atoms with van der Waals surface area (Å²) >= 11 is 0. The molecule has 1 aliphatic rings. The summed E-state index contributed by atoms with van der Waals surface area (Å²) in [5.74, 6) is 0. The minimum Gasteiger partial charge on any atom is -0.317 e. The minimum absolute atomic E-state index is 0.229. The van der Waals surface area contributed by atoms with E-state index in [0.29, 0.717) is 0 Å². The molecule has 0 atom stereocenters. The molecule has 0 aliphatic carbocycles. The van der Waals surface area contributed by atoms with Crippen LogP contribution in [0.2, 0.25) is 0 Å². The summed E-state index contributed by atoms with van der Waals surface area (Å²) in [5, 5.41) is 3.44. The zero-order valence-corrected chi connectivity index (χ0v) is 11.7. The summed E-state index contributed by atoms with van der Waals surface area (Å²) in [5.41, 5.74) is 4.06. The molecule has 1 aromatic heterocycles. The standard InChI is InChI=1S/C16H21N3/c1-13-3-5-14(6-4-13)19-12-18-11-15(19)16(2)7-9-17-10-8-16/h3-6,11-12,17H,7-10H2,1-2H3. The number of piperidine rings is 1.